The van der Waals surface area contributed by atoms with E-state index in [0.29, 0.717) is 11.8 Å². The molecule has 100 valence electrons. The molecule has 2 bridgehead atoms. The van der Waals surface area contributed by atoms with Gasteiger partial charge in [0.1, 0.15) is 5.60 Å². The van der Waals surface area contributed by atoms with Crippen molar-refractivity contribution in [2.45, 2.75) is 63.4 Å². The number of carbonyl (C=O) groups is 1. The van der Waals surface area contributed by atoms with E-state index in [2.05, 4.69) is 6.58 Å². The largest absolute Gasteiger partial charge is 0.455 e. The van der Waals surface area contributed by atoms with Crippen molar-refractivity contribution in [2.24, 2.45) is 17.8 Å². The van der Waals surface area contributed by atoms with E-state index < -0.39 is 0 Å². The fraction of sp³-hybridized carbons (Fsp3) is 0.812. The zero-order valence-corrected chi connectivity index (χ0v) is 11.2. The van der Waals surface area contributed by atoms with Crippen molar-refractivity contribution in [3.8, 4) is 0 Å². The number of fused-ring (bicyclic) bond motifs is 2. The van der Waals surface area contributed by atoms with Crippen molar-refractivity contribution in [1.82, 2.24) is 0 Å². The van der Waals surface area contributed by atoms with Crippen molar-refractivity contribution in [1.29, 1.82) is 0 Å². The normalized spacial score (nSPS) is 39.8. The summed E-state index contributed by atoms with van der Waals surface area (Å²) >= 11 is 0. The maximum Gasteiger partial charge on any atom is 0.330 e. The zero-order chi connectivity index (χ0) is 12.6. The number of hydrogen-bond donors (Lipinski definition) is 0. The summed E-state index contributed by atoms with van der Waals surface area (Å²) in [6.45, 7) is 3.57. The first kappa shape index (κ1) is 12.3. The number of hydrogen-bond acceptors (Lipinski definition) is 2. The van der Waals surface area contributed by atoms with Crippen molar-refractivity contribution in [3.63, 3.8) is 0 Å². The molecule has 2 nitrogen and oxygen atoms in total. The quantitative estimate of drug-likeness (QED) is 0.560. The summed E-state index contributed by atoms with van der Waals surface area (Å²) in [7, 11) is 0. The van der Waals surface area contributed by atoms with Gasteiger partial charge in [-0.2, -0.15) is 0 Å². The Morgan fingerprint density at radius 1 is 1.11 bits per heavy atom. The van der Waals surface area contributed by atoms with Crippen LogP contribution in [0.25, 0.3) is 0 Å². The van der Waals surface area contributed by atoms with Crippen LogP contribution in [0.15, 0.2) is 12.7 Å². The predicted octanol–water partition coefficient (Wildman–Crippen LogP) is 3.85. The second-order valence-electron chi connectivity index (χ2n) is 6.50. The standard InChI is InChI=1S/C16H24O2/c1-2-15(17)18-16(13-6-4-3-5-7-13)11-12-8-9-14(16)10-12/h2,12-14H,1,3-11H2. The fourth-order valence-electron chi connectivity index (χ4n) is 4.85. The Kier molecular flexibility index (Phi) is 3.21. The number of carbonyl (C=O) groups excluding carboxylic acids is 1. The molecule has 0 aromatic heterocycles. The Hall–Kier alpha value is -0.790. The van der Waals surface area contributed by atoms with Crippen LogP contribution in [0.3, 0.4) is 0 Å². The van der Waals surface area contributed by atoms with E-state index in [9.17, 15) is 4.79 Å². The molecule has 3 atom stereocenters. The molecule has 3 aliphatic rings. The number of ether oxygens (including phenoxy) is 1. The number of esters is 1. The monoisotopic (exact) mass is 248 g/mol. The van der Waals surface area contributed by atoms with Crippen LogP contribution >= 0.6 is 0 Å². The summed E-state index contributed by atoms with van der Waals surface area (Å²) in [5.74, 6) is 1.86. The van der Waals surface area contributed by atoms with E-state index in [-0.39, 0.29) is 11.6 Å². The molecule has 0 aromatic rings. The van der Waals surface area contributed by atoms with Gasteiger partial charge in [-0.1, -0.05) is 25.8 Å². The summed E-state index contributed by atoms with van der Waals surface area (Å²) in [6, 6.07) is 0. The van der Waals surface area contributed by atoms with Crippen LogP contribution in [-0.2, 0) is 9.53 Å². The van der Waals surface area contributed by atoms with E-state index in [4.69, 9.17) is 4.74 Å². The molecule has 0 radical (unpaired) electrons. The Morgan fingerprint density at radius 2 is 1.89 bits per heavy atom. The van der Waals surface area contributed by atoms with Crippen molar-refractivity contribution in [3.05, 3.63) is 12.7 Å². The van der Waals surface area contributed by atoms with E-state index in [1.807, 2.05) is 0 Å². The minimum atomic E-state index is -0.201. The highest BCUT2D eigenvalue weighted by Gasteiger charge is 2.57. The predicted molar refractivity (Wildman–Crippen MR) is 71.0 cm³/mol. The molecule has 2 heteroatoms. The number of rotatable bonds is 3. The molecule has 3 saturated carbocycles. The third-order valence-electron chi connectivity index (χ3n) is 5.59. The molecular weight excluding hydrogens is 224 g/mol. The summed E-state index contributed by atoms with van der Waals surface area (Å²) in [6.07, 6.45) is 12.9. The molecule has 0 N–H and O–H groups in total. The maximum absolute atomic E-state index is 11.8. The molecular formula is C16H24O2. The molecule has 0 saturated heterocycles. The van der Waals surface area contributed by atoms with Gasteiger partial charge in [0.25, 0.3) is 0 Å². The highest BCUT2D eigenvalue weighted by molar-refractivity contribution is 5.81. The van der Waals surface area contributed by atoms with Gasteiger partial charge in [-0.15, -0.1) is 0 Å². The molecule has 0 aliphatic heterocycles. The van der Waals surface area contributed by atoms with Crippen molar-refractivity contribution >= 4 is 5.97 Å². The van der Waals surface area contributed by atoms with Crippen LogP contribution in [0, 0.1) is 17.8 Å². The van der Waals surface area contributed by atoms with Gasteiger partial charge in [0.15, 0.2) is 0 Å². The van der Waals surface area contributed by atoms with Gasteiger partial charge in [0.2, 0.25) is 0 Å². The minimum absolute atomic E-state index is 0.116. The highest BCUT2D eigenvalue weighted by atomic mass is 16.6. The lowest BCUT2D eigenvalue weighted by molar-refractivity contribution is -0.171. The highest BCUT2D eigenvalue weighted by Crippen LogP contribution is 2.58. The van der Waals surface area contributed by atoms with Gasteiger partial charge in [-0.05, 0) is 56.3 Å². The second kappa shape index (κ2) is 4.71. The van der Waals surface area contributed by atoms with E-state index >= 15 is 0 Å². The lowest BCUT2D eigenvalue weighted by Gasteiger charge is -2.44. The van der Waals surface area contributed by atoms with Gasteiger partial charge in [0, 0.05) is 6.08 Å². The Bertz CT molecular complexity index is 343. The van der Waals surface area contributed by atoms with E-state index in [1.165, 1.54) is 57.4 Å². The first-order chi connectivity index (χ1) is 8.74. The Labute approximate surface area is 110 Å². The molecule has 0 heterocycles. The molecule has 0 spiro atoms. The minimum Gasteiger partial charge on any atom is -0.455 e. The topological polar surface area (TPSA) is 26.3 Å². The molecule has 3 fully saturated rings. The molecule has 3 rings (SSSR count). The van der Waals surface area contributed by atoms with Gasteiger partial charge in [-0.3, -0.25) is 0 Å². The Morgan fingerprint density at radius 3 is 2.44 bits per heavy atom. The lowest BCUT2D eigenvalue weighted by atomic mass is 9.69. The first-order valence-electron chi connectivity index (χ1n) is 7.60. The van der Waals surface area contributed by atoms with Gasteiger partial charge in [-0.25, -0.2) is 4.79 Å². The third-order valence-corrected chi connectivity index (χ3v) is 5.59. The van der Waals surface area contributed by atoms with Crippen LogP contribution < -0.4 is 0 Å². The fourth-order valence-corrected chi connectivity index (χ4v) is 4.85. The van der Waals surface area contributed by atoms with Crippen LogP contribution in [0.1, 0.15) is 57.8 Å². The second-order valence-corrected chi connectivity index (χ2v) is 6.50. The SMILES string of the molecule is C=CC(=O)OC1(C2CCCCC2)CC2CCC1C2. The van der Waals surface area contributed by atoms with Crippen LogP contribution in [0.4, 0.5) is 0 Å². The maximum atomic E-state index is 11.8. The summed E-state index contributed by atoms with van der Waals surface area (Å²) in [5, 5.41) is 0. The van der Waals surface area contributed by atoms with Crippen LogP contribution in [-0.4, -0.2) is 11.6 Å². The summed E-state index contributed by atoms with van der Waals surface area (Å²) < 4.78 is 5.96. The van der Waals surface area contributed by atoms with Gasteiger partial charge < -0.3 is 4.74 Å². The zero-order valence-electron chi connectivity index (χ0n) is 11.2. The summed E-state index contributed by atoms with van der Waals surface area (Å²) in [5.41, 5.74) is -0.116. The Balaban J connectivity index is 1.83. The lowest BCUT2D eigenvalue weighted by Crippen LogP contribution is -2.47. The van der Waals surface area contributed by atoms with Crippen molar-refractivity contribution in [2.75, 3.05) is 0 Å². The average Bonchev–Trinajstić information content (AvgIpc) is 3.00. The molecule has 3 unspecified atom stereocenters. The molecule has 18 heavy (non-hydrogen) atoms. The molecule has 3 aliphatic carbocycles. The summed E-state index contributed by atoms with van der Waals surface area (Å²) in [4.78, 5) is 11.8. The van der Waals surface area contributed by atoms with E-state index in [0.717, 1.165) is 12.3 Å². The van der Waals surface area contributed by atoms with Gasteiger partial charge in [0.05, 0.1) is 0 Å². The third kappa shape index (κ3) is 1.90. The first-order valence-corrected chi connectivity index (χ1v) is 7.60. The molecule has 0 aromatic carbocycles. The van der Waals surface area contributed by atoms with Gasteiger partial charge >= 0.3 is 5.97 Å². The molecule has 0 amide bonds. The van der Waals surface area contributed by atoms with Crippen molar-refractivity contribution < 1.29 is 9.53 Å². The smallest absolute Gasteiger partial charge is 0.330 e. The van der Waals surface area contributed by atoms with E-state index in [1.54, 1.807) is 0 Å². The average molecular weight is 248 g/mol. The van der Waals surface area contributed by atoms with Crippen LogP contribution in [0.2, 0.25) is 0 Å². The van der Waals surface area contributed by atoms with Crippen LogP contribution in [0.5, 0.6) is 0 Å².